The number of nitrogen functional groups attached to an aromatic ring is 1. The van der Waals surface area contributed by atoms with Crippen molar-refractivity contribution in [2.45, 2.75) is 19.8 Å². The van der Waals surface area contributed by atoms with Crippen LogP contribution in [0, 0.1) is 0 Å². The van der Waals surface area contributed by atoms with Crippen molar-refractivity contribution in [2.75, 3.05) is 19.5 Å². The molecule has 1 aromatic heterocycles. The first-order chi connectivity index (χ1) is 9.60. The molecule has 5 heteroatoms. The van der Waals surface area contributed by atoms with Gasteiger partial charge in [-0.2, -0.15) is 0 Å². The largest absolute Gasteiger partial charge is 0.492 e. The lowest BCUT2D eigenvalue weighted by Gasteiger charge is -2.14. The summed E-state index contributed by atoms with van der Waals surface area (Å²) in [7, 11) is 3.21. The van der Waals surface area contributed by atoms with Crippen LogP contribution >= 0.6 is 0 Å². The van der Waals surface area contributed by atoms with Crippen LogP contribution in [0.15, 0.2) is 23.0 Å². The van der Waals surface area contributed by atoms with Crippen molar-refractivity contribution in [3.63, 3.8) is 0 Å². The zero-order chi connectivity index (χ0) is 14.7. The first kappa shape index (κ1) is 14.2. The van der Waals surface area contributed by atoms with Crippen LogP contribution in [0.3, 0.4) is 0 Å². The number of unbranched alkanes of at least 4 members (excludes halogenated alkanes) is 1. The van der Waals surface area contributed by atoms with Gasteiger partial charge < -0.3 is 15.2 Å². The molecule has 0 spiro atoms. The van der Waals surface area contributed by atoms with Gasteiger partial charge in [-0.05, 0) is 24.6 Å². The summed E-state index contributed by atoms with van der Waals surface area (Å²) in [5.41, 5.74) is 5.71. The molecule has 0 unspecified atom stereocenters. The first-order valence-corrected chi connectivity index (χ1v) is 6.69. The smallest absolute Gasteiger partial charge is 0.259 e. The Bertz CT molecular complexity index is 677. The number of nitrogens with two attached hydrogens (primary N) is 1. The standard InChI is InChI=1S/C15H20N2O3/c1-4-5-8-20-12-7-6-10-11(14(12)19-3)9-13(16)17(2)15(10)18/h6-7,9H,4-5,8,16H2,1-3H3. The van der Waals surface area contributed by atoms with Gasteiger partial charge in [0.2, 0.25) is 0 Å². The Balaban J connectivity index is 2.58. The van der Waals surface area contributed by atoms with Crippen LogP contribution in [-0.2, 0) is 7.05 Å². The highest BCUT2D eigenvalue weighted by Crippen LogP contribution is 2.35. The van der Waals surface area contributed by atoms with Crippen LogP contribution in [0.2, 0.25) is 0 Å². The summed E-state index contributed by atoms with van der Waals surface area (Å²) in [5, 5.41) is 1.25. The van der Waals surface area contributed by atoms with Gasteiger partial charge in [-0.15, -0.1) is 0 Å². The minimum Gasteiger partial charge on any atom is -0.492 e. The molecule has 0 saturated heterocycles. The van der Waals surface area contributed by atoms with Gasteiger partial charge in [0.05, 0.1) is 19.1 Å². The molecule has 2 rings (SSSR count). The number of pyridine rings is 1. The molecule has 2 N–H and O–H groups in total. The van der Waals surface area contributed by atoms with E-state index in [0.717, 1.165) is 12.8 Å². The quantitative estimate of drug-likeness (QED) is 0.851. The Morgan fingerprint density at radius 1 is 1.30 bits per heavy atom. The molecule has 0 aliphatic heterocycles. The molecule has 0 aliphatic carbocycles. The Kier molecular flexibility index (Phi) is 4.17. The van der Waals surface area contributed by atoms with Crippen LogP contribution < -0.4 is 20.8 Å². The SMILES string of the molecule is CCCCOc1ccc2c(=O)n(C)c(N)cc2c1OC. The summed E-state index contributed by atoms with van der Waals surface area (Å²) < 4.78 is 12.5. The maximum absolute atomic E-state index is 12.2. The summed E-state index contributed by atoms with van der Waals surface area (Å²) in [6, 6.07) is 5.26. The van der Waals surface area contributed by atoms with Crippen molar-refractivity contribution in [3.8, 4) is 11.5 Å². The minimum atomic E-state index is -0.140. The van der Waals surface area contributed by atoms with Gasteiger partial charge in [0.15, 0.2) is 11.5 Å². The highest BCUT2D eigenvalue weighted by atomic mass is 16.5. The highest BCUT2D eigenvalue weighted by Gasteiger charge is 2.13. The number of nitrogens with zero attached hydrogens (tertiary/aromatic N) is 1. The predicted octanol–water partition coefficient (Wildman–Crippen LogP) is 2.31. The normalized spacial score (nSPS) is 10.8. The maximum atomic E-state index is 12.2. The monoisotopic (exact) mass is 276 g/mol. The summed E-state index contributed by atoms with van der Waals surface area (Å²) in [5.74, 6) is 1.59. The molecule has 20 heavy (non-hydrogen) atoms. The molecule has 0 amide bonds. The number of methoxy groups -OCH3 is 1. The van der Waals surface area contributed by atoms with E-state index in [4.69, 9.17) is 15.2 Å². The van der Waals surface area contributed by atoms with Gasteiger partial charge in [0.1, 0.15) is 5.82 Å². The summed E-state index contributed by atoms with van der Waals surface area (Å²) in [6.45, 7) is 2.73. The maximum Gasteiger partial charge on any atom is 0.259 e. The molecular formula is C15H20N2O3. The zero-order valence-corrected chi connectivity index (χ0v) is 12.1. The number of anilines is 1. The third kappa shape index (κ3) is 2.43. The topological polar surface area (TPSA) is 66.5 Å². The van der Waals surface area contributed by atoms with Crippen molar-refractivity contribution < 1.29 is 9.47 Å². The van der Waals surface area contributed by atoms with Crippen molar-refractivity contribution in [3.05, 3.63) is 28.6 Å². The Morgan fingerprint density at radius 2 is 2.05 bits per heavy atom. The fraction of sp³-hybridized carbons (Fsp3) is 0.400. The van der Waals surface area contributed by atoms with Crippen molar-refractivity contribution in [1.29, 1.82) is 0 Å². The second-order valence-corrected chi connectivity index (χ2v) is 4.69. The summed E-state index contributed by atoms with van der Waals surface area (Å²) >= 11 is 0. The molecule has 0 bridgehead atoms. The van der Waals surface area contributed by atoms with E-state index in [1.807, 2.05) is 0 Å². The van der Waals surface area contributed by atoms with Gasteiger partial charge in [-0.25, -0.2) is 0 Å². The average Bonchev–Trinajstić information content (AvgIpc) is 2.45. The highest BCUT2D eigenvalue weighted by molar-refractivity contribution is 5.91. The lowest BCUT2D eigenvalue weighted by molar-refractivity contribution is 0.290. The number of fused-ring (bicyclic) bond motifs is 1. The number of rotatable bonds is 5. The lowest BCUT2D eigenvalue weighted by atomic mass is 10.1. The van der Waals surface area contributed by atoms with E-state index in [2.05, 4.69) is 6.92 Å². The van der Waals surface area contributed by atoms with E-state index < -0.39 is 0 Å². The van der Waals surface area contributed by atoms with E-state index in [1.165, 1.54) is 4.57 Å². The summed E-state index contributed by atoms with van der Waals surface area (Å²) in [6.07, 6.45) is 2.03. The molecular weight excluding hydrogens is 256 g/mol. The average molecular weight is 276 g/mol. The van der Waals surface area contributed by atoms with Crippen molar-refractivity contribution >= 4 is 16.6 Å². The lowest BCUT2D eigenvalue weighted by Crippen LogP contribution is -2.19. The minimum absolute atomic E-state index is 0.140. The van der Waals surface area contributed by atoms with Crippen LogP contribution in [-0.4, -0.2) is 18.3 Å². The van der Waals surface area contributed by atoms with Gasteiger partial charge in [-0.1, -0.05) is 13.3 Å². The van der Waals surface area contributed by atoms with Crippen LogP contribution in [0.25, 0.3) is 10.8 Å². The van der Waals surface area contributed by atoms with Crippen molar-refractivity contribution in [1.82, 2.24) is 4.57 Å². The van der Waals surface area contributed by atoms with Crippen LogP contribution in [0.5, 0.6) is 11.5 Å². The van der Waals surface area contributed by atoms with Crippen molar-refractivity contribution in [2.24, 2.45) is 7.05 Å². The van der Waals surface area contributed by atoms with Crippen LogP contribution in [0.1, 0.15) is 19.8 Å². The second-order valence-electron chi connectivity index (χ2n) is 4.69. The van der Waals surface area contributed by atoms with E-state index in [0.29, 0.717) is 34.7 Å². The number of hydrogen-bond acceptors (Lipinski definition) is 4. The van der Waals surface area contributed by atoms with Gasteiger partial charge in [0.25, 0.3) is 5.56 Å². The Morgan fingerprint density at radius 3 is 2.70 bits per heavy atom. The van der Waals surface area contributed by atoms with Gasteiger partial charge in [-0.3, -0.25) is 9.36 Å². The molecule has 1 aromatic carbocycles. The Hall–Kier alpha value is -2.17. The fourth-order valence-corrected chi connectivity index (χ4v) is 2.10. The van der Waals surface area contributed by atoms with E-state index >= 15 is 0 Å². The molecule has 1 heterocycles. The number of benzene rings is 1. The molecule has 108 valence electrons. The first-order valence-electron chi connectivity index (χ1n) is 6.69. The van der Waals surface area contributed by atoms with Gasteiger partial charge in [0, 0.05) is 12.4 Å². The predicted molar refractivity (Wildman–Crippen MR) is 80.6 cm³/mol. The van der Waals surface area contributed by atoms with Gasteiger partial charge >= 0.3 is 0 Å². The van der Waals surface area contributed by atoms with E-state index in [-0.39, 0.29) is 5.56 Å². The van der Waals surface area contributed by atoms with Crippen LogP contribution in [0.4, 0.5) is 5.82 Å². The molecule has 0 aliphatic rings. The Labute approximate surface area is 117 Å². The summed E-state index contributed by atoms with van der Waals surface area (Å²) in [4.78, 5) is 12.2. The third-order valence-corrected chi connectivity index (χ3v) is 3.33. The molecule has 2 aromatic rings. The molecule has 5 nitrogen and oxygen atoms in total. The van der Waals surface area contributed by atoms with E-state index in [9.17, 15) is 4.79 Å². The molecule has 0 saturated carbocycles. The second kappa shape index (κ2) is 5.86. The molecule has 0 radical (unpaired) electrons. The zero-order valence-electron chi connectivity index (χ0n) is 12.1. The number of ether oxygens (including phenoxy) is 2. The number of aromatic nitrogens is 1. The third-order valence-electron chi connectivity index (χ3n) is 3.33. The molecule has 0 fully saturated rings. The number of hydrogen-bond donors (Lipinski definition) is 1. The fourth-order valence-electron chi connectivity index (χ4n) is 2.10. The van der Waals surface area contributed by atoms with E-state index in [1.54, 1.807) is 32.4 Å². The molecule has 0 atom stereocenters.